The van der Waals surface area contributed by atoms with Gasteiger partial charge in [-0.1, -0.05) is 15.9 Å². The first-order chi connectivity index (χ1) is 8.88. The Kier molecular flexibility index (Phi) is 3.08. The average Bonchev–Trinajstić information content (AvgIpc) is 3.03. The first-order valence-electron chi connectivity index (χ1n) is 6.53. The maximum Gasteiger partial charge on any atom is 0.417 e. The predicted molar refractivity (Wildman–Crippen MR) is 72.4 cm³/mol. The highest BCUT2D eigenvalue weighted by atomic mass is 79.9. The van der Waals surface area contributed by atoms with Gasteiger partial charge in [0.25, 0.3) is 0 Å². The molecular formula is C14H15BrF3N. The molecule has 0 N–H and O–H groups in total. The normalized spacial score (nSPS) is 22.8. The molecule has 1 nitrogen and oxygen atoms in total. The van der Waals surface area contributed by atoms with Crippen molar-refractivity contribution in [3.63, 3.8) is 0 Å². The first kappa shape index (κ1) is 13.3. The van der Waals surface area contributed by atoms with Crippen LogP contribution in [0.3, 0.4) is 0 Å². The Morgan fingerprint density at radius 1 is 1.32 bits per heavy atom. The monoisotopic (exact) mass is 333 g/mol. The molecule has 3 rings (SSSR count). The summed E-state index contributed by atoms with van der Waals surface area (Å²) in [7, 11) is 0. The van der Waals surface area contributed by atoms with E-state index in [2.05, 4.69) is 20.8 Å². The third-order valence-electron chi connectivity index (χ3n) is 4.01. The van der Waals surface area contributed by atoms with E-state index < -0.39 is 11.7 Å². The van der Waals surface area contributed by atoms with Crippen LogP contribution in [0.5, 0.6) is 0 Å². The maximum absolute atomic E-state index is 13.2. The topological polar surface area (TPSA) is 3.24 Å². The van der Waals surface area contributed by atoms with Crippen LogP contribution in [0.4, 0.5) is 18.9 Å². The Balaban J connectivity index is 2.04. The van der Waals surface area contributed by atoms with E-state index in [1.54, 1.807) is 0 Å². The molecule has 0 amide bonds. The molecule has 1 aliphatic carbocycles. The van der Waals surface area contributed by atoms with Crippen LogP contribution in [0.15, 0.2) is 16.6 Å². The van der Waals surface area contributed by atoms with Crippen LogP contribution < -0.4 is 4.90 Å². The summed E-state index contributed by atoms with van der Waals surface area (Å²) < 4.78 is 39.7. The van der Waals surface area contributed by atoms with E-state index >= 15 is 0 Å². The van der Waals surface area contributed by atoms with Crippen molar-refractivity contribution in [3.05, 3.63) is 27.7 Å². The summed E-state index contributed by atoms with van der Waals surface area (Å²) in [6, 6.07) is 3.51. The first-order valence-corrected chi connectivity index (χ1v) is 7.32. The van der Waals surface area contributed by atoms with E-state index in [0.717, 1.165) is 12.2 Å². The van der Waals surface area contributed by atoms with Gasteiger partial charge in [-0.3, -0.25) is 0 Å². The van der Waals surface area contributed by atoms with E-state index in [4.69, 9.17) is 0 Å². The molecule has 1 atom stereocenters. The average molecular weight is 334 g/mol. The lowest BCUT2D eigenvalue weighted by Gasteiger charge is -2.25. The van der Waals surface area contributed by atoms with Crippen LogP contribution in [0.1, 0.15) is 30.9 Å². The Morgan fingerprint density at radius 3 is 2.58 bits per heavy atom. The van der Waals surface area contributed by atoms with Gasteiger partial charge in [0, 0.05) is 22.7 Å². The third-order valence-corrected chi connectivity index (χ3v) is 4.67. The third kappa shape index (κ3) is 2.37. The fourth-order valence-corrected chi connectivity index (χ4v) is 3.49. The zero-order chi connectivity index (χ0) is 13.8. The number of fused-ring (bicyclic) bond motifs is 1. The molecule has 0 radical (unpaired) electrons. The van der Waals surface area contributed by atoms with Gasteiger partial charge in [-0.05, 0) is 49.8 Å². The molecule has 2 aliphatic rings. The standard InChI is InChI=1S/C14H15BrF3N/c1-8-6-10-12(19(8)7-9-2-3-9)5-4-11(15)13(10)14(16,17)18/h4-5,8-9H,2-3,6-7H2,1H3. The number of hydrogen-bond donors (Lipinski definition) is 0. The highest BCUT2D eigenvalue weighted by molar-refractivity contribution is 9.10. The lowest BCUT2D eigenvalue weighted by molar-refractivity contribution is -0.138. The van der Waals surface area contributed by atoms with Gasteiger partial charge < -0.3 is 4.90 Å². The summed E-state index contributed by atoms with van der Waals surface area (Å²) >= 11 is 3.05. The number of rotatable bonds is 2. The zero-order valence-corrected chi connectivity index (χ0v) is 12.2. The lowest BCUT2D eigenvalue weighted by Crippen LogP contribution is -2.31. The van der Waals surface area contributed by atoms with Crippen LogP contribution >= 0.6 is 15.9 Å². The van der Waals surface area contributed by atoms with Gasteiger partial charge in [0.15, 0.2) is 0 Å². The molecule has 0 saturated heterocycles. The molecule has 1 unspecified atom stereocenters. The van der Waals surface area contributed by atoms with Crippen molar-refractivity contribution in [1.82, 2.24) is 0 Å². The van der Waals surface area contributed by atoms with Crippen LogP contribution in [0.25, 0.3) is 0 Å². The second-order valence-corrected chi connectivity index (χ2v) is 6.42. The van der Waals surface area contributed by atoms with Crippen molar-refractivity contribution in [2.45, 2.75) is 38.4 Å². The van der Waals surface area contributed by atoms with Gasteiger partial charge in [0.1, 0.15) is 0 Å². The Bertz CT molecular complexity index is 508. The second kappa shape index (κ2) is 4.40. The van der Waals surface area contributed by atoms with Crippen LogP contribution in [0.2, 0.25) is 0 Å². The van der Waals surface area contributed by atoms with Gasteiger partial charge in [0.2, 0.25) is 0 Å². The smallest absolute Gasteiger partial charge is 0.368 e. The van der Waals surface area contributed by atoms with E-state index in [-0.39, 0.29) is 10.5 Å². The summed E-state index contributed by atoms with van der Waals surface area (Å²) in [5, 5.41) is 0. The van der Waals surface area contributed by atoms with Gasteiger partial charge >= 0.3 is 6.18 Å². The molecule has 104 valence electrons. The van der Waals surface area contributed by atoms with Crippen molar-refractivity contribution in [1.29, 1.82) is 0 Å². The molecule has 1 aromatic carbocycles. The van der Waals surface area contributed by atoms with Crippen LogP contribution in [0, 0.1) is 5.92 Å². The number of alkyl halides is 3. The molecule has 0 spiro atoms. The summed E-state index contributed by atoms with van der Waals surface area (Å²) in [6.07, 6.45) is -1.39. The fourth-order valence-electron chi connectivity index (χ4n) is 2.89. The molecule has 1 heterocycles. The molecule has 1 aliphatic heterocycles. The number of halogens is 4. The second-order valence-electron chi connectivity index (χ2n) is 5.57. The van der Waals surface area contributed by atoms with Gasteiger partial charge in [-0.25, -0.2) is 0 Å². The summed E-state index contributed by atoms with van der Waals surface area (Å²) in [4.78, 5) is 2.15. The minimum absolute atomic E-state index is 0.152. The van der Waals surface area contributed by atoms with E-state index in [0.29, 0.717) is 17.9 Å². The maximum atomic E-state index is 13.2. The van der Waals surface area contributed by atoms with Crippen molar-refractivity contribution in [3.8, 4) is 0 Å². The van der Waals surface area contributed by atoms with Crippen LogP contribution in [-0.4, -0.2) is 12.6 Å². The summed E-state index contributed by atoms with van der Waals surface area (Å²) in [6.45, 7) is 2.91. The quantitative estimate of drug-likeness (QED) is 0.762. The summed E-state index contributed by atoms with van der Waals surface area (Å²) in [5.41, 5.74) is 0.736. The number of hydrogen-bond acceptors (Lipinski definition) is 1. The van der Waals surface area contributed by atoms with Crippen molar-refractivity contribution < 1.29 is 13.2 Å². The fraction of sp³-hybridized carbons (Fsp3) is 0.571. The van der Waals surface area contributed by atoms with Crippen molar-refractivity contribution in [2.24, 2.45) is 5.92 Å². The minimum atomic E-state index is -4.29. The van der Waals surface area contributed by atoms with Crippen LogP contribution in [-0.2, 0) is 12.6 Å². The number of benzene rings is 1. The molecular weight excluding hydrogens is 319 g/mol. The molecule has 1 fully saturated rings. The van der Waals surface area contributed by atoms with E-state index in [9.17, 15) is 13.2 Å². The van der Waals surface area contributed by atoms with Gasteiger partial charge in [-0.2, -0.15) is 13.2 Å². The predicted octanol–water partition coefficient (Wildman–Crippen LogP) is 4.63. The SMILES string of the molecule is CC1Cc2c(ccc(Br)c2C(F)(F)F)N1CC1CC1. The summed E-state index contributed by atoms with van der Waals surface area (Å²) in [5.74, 6) is 0.673. The van der Waals surface area contributed by atoms with E-state index in [1.165, 1.54) is 18.9 Å². The van der Waals surface area contributed by atoms with Gasteiger partial charge in [0.05, 0.1) is 5.56 Å². The highest BCUT2D eigenvalue weighted by Crippen LogP contribution is 2.46. The Morgan fingerprint density at radius 2 is 2.00 bits per heavy atom. The molecule has 0 aromatic heterocycles. The van der Waals surface area contributed by atoms with Crippen molar-refractivity contribution in [2.75, 3.05) is 11.4 Å². The molecule has 19 heavy (non-hydrogen) atoms. The van der Waals surface area contributed by atoms with E-state index in [1.807, 2.05) is 13.0 Å². The highest BCUT2D eigenvalue weighted by Gasteiger charge is 2.41. The molecule has 5 heteroatoms. The molecule has 1 aromatic rings. The van der Waals surface area contributed by atoms with Gasteiger partial charge in [-0.15, -0.1) is 0 Å². The minimum Gasteiger partial charge on any atom is -0.368 e. The zero-order valence-electron chi connectivity index (χ0n) is 10.6. The number of anilines is 1. The molecule has 0 bridgehead atoms. The van der Waals surface area contributed by atoms with Crippen molar-refractivity contribution >= 4 is 21.6 Å². The molecule has 1 saturated carbocycles. The lowest BCUT2D eigenvalue weighted by atomic mass is 10.0. The Labute approximate surface area is 118 Å². The Hall–Kier alpha value is -0.710. The largest absolute Gasteiger partial charge is 0.417 e. The number of nitrogens with zero attached hydrogens (tertiary/aromatic N) is 1.